The molecule has 1 aromatic carbocycles. The topological polar surface area (TPSA) is 127 Å². The molecule has 9 nitrogen and oxygen atoms in total. The fraction of sp³-hybridized carbons (Fsp3) is 0.158. The molecule has 0 saturated heterocycles. The zero-order valence-electron chi connectivity index (χ0n) is 15.2. The number of carbonyl (C=O) groups is 2. The molecule has 0 radical (unpaired) electrons. The van der Waals surface area contributed by atoms with Crippen molar-refractivity contribution in [2.75, 3.05) is 12.4 Å². The number of hydrogen-bond acceptors (Lipinski definition) is 6. The van der Waals surface area contributed by atoms with Crippen molar-refractivity contribution in [1.29, 1.82) is 0 Å². The average Bonchev–Trinajstić information content (AvgIpc) is 3.14. The summed E-state index contributed by atoms with van der Waals surface area (Å²) in [5, 5.41) is 18.8. The molecular weight excluding hydrogens is 364 g/mol. The number of nitrogens with one attached hydrogen (secondary N) is 2. The van der Waals surface area contributed by atoms with Crippen LogP contribution in [0, 0.1) is 0 Å². The minimum absolute atomic E-state index is 0.0413. The maximum absolute atomic E-state index is 12.2. The predicted molar refractivity (Wildman–Crippen MR) is 100 cm³/mol. The highest BCUT2D eigenvalue weighted by Crippen LogP contribution is 2.30. The van der Waals surface area contributed by atoms with E-state index in [0.717, 1.165) is 0 Å². The summed E-state index contributed by atoms with van der Waals surface area (Å²) in [5.41, 5.74) is 1.12. The molecule has 1 atom stereocenters. The minimum atomic E-state index is -1.21. The summed E-state index contributed by atoms with van der Waals surface area (Å²) in [6.07, 6.45) is 3.07. The zero-order valence-corrected chi connectivity index (χ0v) is 15.2. The summed E-state index contributed by atoms with van der Waals surface area (Å²) in [6.45, 7) is 1.60. The van der Waals surface area contributed by atoms with Crippen molar-refractivity contribution in [1.82, 2.24) is 15.5 Å². The number of carboxylic acids is 1. The number of pyridine rings is 1. The van der Waals surface area contributed by atoms with E-state index in [0.29, 0.717) is 17.0 Å². The molecule has 28 heavy (non-hydrogen) atoms. The van der Waals surface area contributed by atoms with Gasteiger partial charge < -0.3 is 25.0 Å². The highest BCUT2D eigenvalue weighted by Gasteiger charge is 2.28. The van der Waals surface area contributed by atoms with Crippen molar-refractivity contribution in [3.8, 4) is 17.0 Å². The number of aromatic carboxylic acids is 1. The molecule has 144 valence electrons. The summed E-state index contributed by atoms with van der Waals surface area (Å²) in [6, 6.07) is 8.84. The molecule has 3 aromatic rings. The van der Waals surface area contributed by atoms with Crippen molar-refractivity contribution < 1.29 is 24.0 Å². The number of carbonyl (C=O) groups excluding carboxylic acids is 1. The Balaban J connectivity index is 1.82. The van der Waals surface area contributed by atoms with Gasteiger partial charge in [-0.3, -0.25) is 4.98 Å². The summed E-state index contributed by atoms with van der Waals surface area (Å²) >= 11 is 0. The molecule has 0 saturated carbocycles. The van der Waals surface area contributed by atoms with Gasteiger partial charge in [-0.2, -0.15) is 0 Å². The second kappa shape index (κ2) is 8.21. The van der Waals surface area contributed by atoms with Gasteiger partial charge in [-0.15, -0.1) is 0 Å². The van der Waals surface area contributed by atoms with Crippen LogP contribution in [-0.4, -0.2) is 34.4 Å². The van der Waals surface area contributed by atoms with Crippen LogP contribution in [0.3, 0.4) is 0 Å². The lowest BCUT2D eigenvalue weighted by molar-refractivity contribution is 0.0694. The van der Waals surface area contributed by atoms with Gasteiger partial charge in [0.1, 0.15) is 17.0 Å². The van der Waals surface area contributed by atoms with E-state index in [9.17, 15) is 14.7 Å². The van der Waals surface area contributed by atoms with E-state index in [4.69, 9.17) is 9.26 Å². The van der Waals surface area contributed by atoms with Crippen LogP contribution in [0.25, 0.3) is 11.3 Å². The van der Waals surface area contributed by atoms with Gasteiger partial charge in [0, 0.05) is 11.8 Å². The monoisotopic (exact) mass is 382 g/mol. The molecular formula is C19H18N4O5. The average molecular weight is 382 g/mol. The van der Waals surface area contributed by atoms with E-state index in [1.54, 1.807) is 49.5 Å². The first kappa shape index (κ1) is 18.9. The van der Waals surface area contributed by atoms with E-state index in [1.165, 1.54) is 13.3 Å². The van der Waals surface area contributed by atoms with Gasteiger partial charge in [0.2, 0.25) is 0 Å². The van der Waals surface area contributed by atoms with Crippen molar-refractivity contribution in [3.63, 3.8) is 0 Å². The zero-order chi connectivity index (χ0) is 20.1. The Morgan fingerprint density at radius 2 is 1.96 bits per heavy atom. The van der Waals surface area contributed by atoms with Gasteiger partial charge in [0.25, 0.3) is 0 Å². The van der Waals surface area contributed by atoms with E-state index in [1.807, 2.05) is 0 Å². The predicted octanol–water partition coefficient (Wildman–Crippen LogP) is 3.33. The van der Waals surface area contributed by atoms with Crippen LogP contribution < -0.4 is 15.4 Å². The lowest BCUT2D eigenvalue weighted by Gasteiger charge is -2.12. The lowest BCUT2D eigenvalue weighted by Crippen LogP contribution is -2.31. The Kier molecular flexibility index (Phi) is 5.54. The first-order chi connectivity index (χ1) is 13.5. The number of benzene rings is 1. The van der Waals surface area contributed by atoms with Crippen LogP contribution in [0.4, 0.5) is 10.5 Å². The first-order valence-electron chi connectivity index (χ1n) is 8.34. The molecule has 2 aromatic heterocycles. The second-order valence-corrected chi connectivity index (χ2v) is 5.87. The van der Waals surface area contributed by atoms with E-state index >= 15 is 0 Å². The van der Waals surface area contributed by atoms with Crippen LogP contribution in [0.2, 0.25) is 0 Å². The van der Waals surface area contributed by atoms with Gasteiger partial charge in [-0.05, 0) is 43.3 Å². The molecule has 0 spiro atoms. The smallest absolute Gasteiger partial charge is 0.341 e. The third kappa shape index (κ3) is 4.09. The molecule has 0 bridgehead atoms. The van der Waals surface area contributed by atoms with Crippen LogP contribution in [0.5, 0.6) is 5.75 Å². The Labute approximate surface area is 160 Å². The normalized spacial score (nSPS) is 11.5. The number of ether oxygens (including phenoxy) is 1. The van der Waals surface area contributed by atoms with Crippen LogP contribution in [0.15, 0.2) is 53.3 Å². The first-order valence-corrected chi connectivity index (χ1v) is 8.34. The maximum Gasteiger partial charge on any atom is 0.341 e. The molecule has 0 aliphatic heterocycles. The van der Waals surface area contributed by atoms with E-state index in [-0.39, 0.29) is 17.0 Å². The largest absolute Gasteiger partial charge is 0.497 e. The van der Waals surface area contributed by atoms with Crippen molar-refractivity contribution in [2.24, 2.45) is 0 Å². The molecule has 1 unspecified atom stereocenters. The van der Waals surface area contributed by atoms with Gasteiger partial charge in [0.15, 0.2) is 5.76 Å². The number of hydrogen-bond donors (Lipinski definition) is 3. The molecule has 3 N–H and O–H groups in total. The van der Waals surface area contributed by atoms with E-state index < -0.39 is 18.0 Å². The third-order valence-corrected chi connectivity index (χ3v) is 3.96. The van der Waals surface area contributed by atoms with Gasteiger partial charge in [-0.25, -0.2) is 9.59 Å². The Hall–Kier alpha value is -3.88. The Morgan fingerprint density at radius 3 is 2.57 bits per heavy atom. The number of urea groups is 1. The van der Waals surface area contributed by atoms with Gasteiger partial charge in [-0.1, -0.05) is 5.16 Å². The SMILES string of the molecule is COc1ccc(-c2noc(C(C)NC(=O)Nc3cccnc3)c2C(=O)O)cc1. The summed E-state index contributed by atoms with van der Waals surface area (Å²) in [7, 11) is 1.54. The van der Waals surface area contributed by atoms with Crippen LogP contribution in [-0.2, 0) is 0 Å². The second-order valence-electron chi connectivity index (χ2n) is 5.87. The fourth-order valence-corrected chi connectivity index (χ4v) is 2.62. The number of amides is 2. The molecule has 9 heteroatoms. The molecule has 2 amide bonds. The minimum Gasteiger partial charge on any atom is -0.497 e. The summed E-state index contributed by atoms with van der Waals surface area (Å²) in [4.78, 5) is 27.9. The lowest BCUT2D eigenvalue weighted by atomic mass is 10.0. The van der Waals surface area contributed by atoms with Gasteiger partial charge >= 0.3 is 12.0 Å². The maximum atomic E-state index is 12.2. The van der Waals surface area contributed by atoms with E-state index in [2.05, 4.69) is 20.8 Å². The third-order valence-electron chi connectivity index (χ3n) is 3.96. The molecule has 0 aliphatic carbocycles. The summed E-state index contributed by atoms with van der Waals surface area (Å²) < 4.78 is 10.4. The van der Waals surface area contributed by atoms with Gasteiger partial charge in [0.05, 0.1) is 25.0 Å². The number of aromatic nitrogens is 2. The number of rotatable bonds is 6. The Bertz CT molecular complexity index is 970. The molecule has 3 rings (SSSR count). The number of anilines is 1. The highest BCUT2D eigenvalue weighted by atomic mass is 16.5. The highest BCUT2D eigenvalue weighted by molar-refractivity contribution is 5.96. The molecule has 2 heterocycles. The molecule has 0 fully saturated rings. The van der Waals surface area contributed by atoms with Crippen LogP contribution in [0.1, 0.15) is 29.1 Å². The standard InChI is InChI=1S/C19H18N4O5/c1-11(21-19(26)22-13-4-3-9-20-10-13)17-15(18(24)25)16(23-28-17)12-5-7-14(27-2)8-6-12/h3-11H,1-2H3,(H,24,25)(H2,21,22,26). The fourth-order valence-electron chi connectivity index (χ4n) is 2.62. The van der Waals surface area contributed by atoms with Crippen molar-refractivity contribution >= 4 is 17.7 Å². The van der Waals surface area contributed by atoms with Crippen molar-refractivity contribution in [2.45, 2.75) is 13.0 Å². The summed E-state index contributed by atoms with van der Waals surface area (Å²) in [5.74, 6) is -0.533. The quantitative estimate of drug-likeness (QED) is 0.597. The number of methoxy groups -OCH3 is 1. The number of nitrogens with zero attached hydrogens (tertiary/aromatic N) is 2. The number of carboxylic acid groups (broad SMARTS) is 1. The van der Waals surface area contributed by atoms with Crippen molar-refractivity contribution in [3.05, 3.63) is 60.1 Å². The van der Waals surface area contributed by atoms with Crippen LogP contribution >= 0.6 is 0 Å². The molecule has 0 aliphatic rings. The Morgan fingerprint density at radius 1 is 1.21 bits per heavy atom.